The number of benzene rings is 1. The molecule has 0 spiro atoms. The fourth-order valence-electron chi connectivity index (χ4n) is 5.66. The van der Waals surface area contributed by atoms with Crippen molar-refractivity contribution in [2.24, 2.45) is 11.8 Å². The van der Waals surface area contributed by atoms with Crippen LogP contribution in [0.4, 0.5) is 0 Å². The molecule has 0 atom stereocenters. The summed E-state index contributed by atoms with van der Waals surface area (Å²) in [5.41, 5.74) is 4.40. The number of pyridine rings is 1. The van der Waals surface area contributed by atoms with Crippen LogP contribution in [0, 0.1) is 11.8 Å². The Morgan fingerprint density at radius 1 is 0.917 bits per heavy atom. The Bertz CT molecular complexity index is 1340. The number of amides is 1. The highest BCUT2D eigenvalue weighted by atomic mass is 16.5. The maximum absolute atomic E-state index is 13.2. The first-order valence-electron chi connectivity index (χ1n) is 12.9. The van der Waals surface area contributed by atoms with Gasteiger partial charge in [-0.3, -0.25) is 9.78 Å². The molecule has 0 radical (unpaired) electrons. The number of carbonyl (C=O) groups is 1. The van der Waals surface area contributed by atoms with E-state index in [0.717, 1.165) is 84.7 Å². The first kappa shape index (κ1) is 22.9. The molecule has 4 aromatic rings. The lowest BCUT2D eigenvalue weighted by molar-refractivity contribution is 0.0287. The highest BCUT2D eigenvalue weighted by molar-refractivity contribution is 5.98. The molecule has 2 aliphatic rings. The van der Waals surface area contributed by atoms with Crippen molar-refractivity contribution < 1.29 is 9.53 Å². The highest BCUT2D eigenvalue weighted by Gasteiger charge is 2.30. The van der Waals surface area contributed by atoms with Crippen LogP contribution in [0.15, 0.2) is 60.9 Å². The largest absolute Gasteiger partial charge is 0.381 e. The van der Waals surface area contributed by atoms with E-state index in [-0.39, 0.29) is 5.91 Å². The summed E-state index contributed by atoms with van der Waals surface area (Å²) in [4.78, 5) is 32.2. The van der Waals surface area contributed by atoms with Gasteiger partial charge in [0, 0.05) is 56.0 Å². The molecule has 1 N–H and O–H groups in total. The molecule has 0 unspecified atom stereocenters. The van der Waals surface area contributed by atoms with Crippen molar-refractivity contribution in [3.05, 3.63) is 78.0 Å². The normalized spacial score (nSPS) is 17.5. The summed E-state index contributed by atoms with van der Waals surface area (Å²) in [6.45, 7) is 3.46. The zero-order valence-corrected chi connectivity index (χ0v) is 20.4. The number of ether oxygens (including phenoxy) is 1. The van der Waals surface area contributed by atoms with Gasteiger partial charge in [-0.1, -0.05) is 12.1 Å². The predicted molar refractivity (Wildman–Crippen MR) is 139 cm³/mol. The monoisotopic (exact) mass is 481 g/mol. The van der Waals surface area contributed by atoms with Crippen LogP contribution in [-0.2, 0) is 11.2 Å². The summed E-state index contributed by atoms with van der Waals surface area (Å²) >= 11 is 0. The quantitative estimate of drug-likeness (QED) is 0.439. The molecule has 3 aromatic heterocycles. The Morgan fingerprint density at radius 2 is 1.75 bits per heavy atom. The van der Waals surface area contributed by atoms with Crippen molar-refractivity contribution in [1.82, 2.24) is 24.8 Å². The number of carbonyl (C=O) groups excluding carboxylic acids is 1. The molecular weight excluding hydrogens is 450 g/mol. The summed E-state index contributed by atoms with van der Waals surface area (Å²) in [5.74, 6) is 2.33. The highest BCUT2D eigenvalue weighted by Crippen LogP contribution is 2.32. The van der Waals surface area contributed by atoms with E-state index in [9.17, 15) is 4.79 Å². The lowest BCUT2D eigenvalue weighted by Gasteiger charge is -2.37. The first-order chi connectivity index (χ1) is 17.7. The van der Waals surface area contributed by atoms with E-state index in [0.29, 0.717) is 12.1 Å². The molecular formula is C29H31N5O2. The summed E-state index contributed by atoms with van der Waals surface area (Å²) in [7, 11) is 0. The summed E-state index contributed by atoms with van der Waals surface area (Å²) in [6.07, 6.45) is 8.69. The van der Waals surface area contributed by atoms with E-state index in [1.807, 2.05) is 41.3 Å². The topological polar surface area (TPSA) is 84.0 Å². The van der Waals surface area contributed by atoms with E-state index in [1.54, 1.807) is 12.4 Å². The Kier molecular flexibility index (Phi) is 6.47. The van der Waals surface area contributed by atoms with Gasteiger partial charge in [0.1, 0.15) is 11.5 Å². The summed E-state index contributed by atoms with van der Waals surface area (Å²) < 4.78 is 5.52. The lowest BCUT2D eigenvalue weighted by Crippen LogP contribution is -2.41. The van der Waals surface area contributed by atoms with Gasteiger partial charge in [0.25, 0.3) is 5.91 Å². The second-order valence-electron chi connectivity index (χ2n) is 9.93. The van der Waals surface area contributed by atoms with Crippen molar-refractivity contribution in [2.45, 2.75) is 32.1 Å². The third kappa shape index (κ3) is 4.88. The Hall–Kier alpha value is -3.58. The van der Waals surface area contributed by atoms with Crippen LogP contribution in [0.1, 0.15) is 47.6 Å². The molecule has 0 aliphatic carbocycles. The second-order valence-corrected chi connectivity index (χ2v) is 9.93. The molecule has 7 heteroatoms. The number of likely N-dealkylation sites (tertiary alicyclic amines) is 1. The predicted octanol–water partition coefficient (Wildman–Crippen LogP) is 4.89. The van der Waals surface area contributed by atoms with Gasteiger partial charge >= 0.3 is 0 Å². The van der Waals surface area contributed by atoms with Crippen LogP contribution < -0.4 is 0 Å². The molecule has 1 amide bonds. The van der Waals surface area contributed by atoms with E-state index in [4.69, 9.17) is 9.72 Å². The molecule has 2 saturated heterocycles. The number of nitrogens with one attached hydrogen (secondary N) is 1. The molecule has 2 fully saturated rings. The number of hydrogen-bond donors (Lipinski definition) is 1. The third-order valence-corrected chi connectivity index (χ3v) is 7.67. The average molecular weight is 482 g/mol. The van der Waals surface area contributed by atoms with Gasteiger partial charge in [-0.05, 0) is 79.5 Å². The minimum atomic E-state index is 0.101. The Labute approximate surface area is 210 Å². The fraction of sp³-hybridized carbons (Fsp3) is 0.379. The van der Waals surface area contributed by atoms with Gasteiger partial charge in [0.05, 0.1) is 11.4 Å². The van der Waals surface area contributed by atoms with Crippen LogP contribution in [-0.4, -0.2) is 57.0 Å². The number of rotatable bonds is 5. The van der Waals surface area contributed by atoms with E-state index >= 15 is 0 Å². The lowest BCUT2D eigenvalue weighted by atomic mass is 9.80. The number of aromatic nitrogens is 4. The molecule has 7 nitrogen and oxygen atoms in total. The maximum atomic E-state index is 13.2. The zero-order chi connectivity index (χ0) is 24.3. The van der Waals surface area contributed by atoms with Crippen LogP contribution in [0.25, 0.3) is 22.3 Å². The molecule has 0 bridgehead atoms. The number of hydrogen-bond acceptors (Lipinski definition) is 5. The van der Waals surface area contributed by atoms with Crippen molar-refractivity contribution in [3.8, 4) is 11.4 Å². The smallest absolute Gasteiger partial charge is 0.270 e. The minimum absolute atomic E-state index is 0.101. The number of nitrogens with zero attached hydrogens (tertiary/aromatic N) is 4. The van der Waals surface area contributed by atoms with Gasteiger partial charge < -0.3 is 14.6 Å². The standard InChI is InChI=1S/C29H31N5O2/c35-29(34-13-7-21(8-14-34)22-9-15-36-16-10-22)27-19-23-17-20(4-5-24(23)32-27)18-28-31-12-6-26(33-28)25-3-1-2-11-30-25/h1-6,11-12,17,19,21-22,32H,7-10,13-16,18H2. The summed E-state index contributed by atoms with van der Waals surface area (Å²) in [5, 5.41) is 1.04. The minimum Gasteiger partial charge on any atom is -0.381 e. The number of H-pyrrole nitrogens is 1. The molecule has 184 valence electrons. The van der Waals surface area contributed by atoms with Gasteiger partial charge in [0.15, 0.2) is 0 Å². The first-order valence-corrected chi connectivity index (χ1v) is 12.9. The van der Waals surface area contributed by atoms with E-state index in [1.165, 1.54) is 12.8 Å². The average Bonchev–Trinajstić information content (AvgIpc) is 3.37. The van der Waals surface area contributed by atoms with E-state index in [2.05, 4.69) is 27.1 Å². The van der Waals surface area contributed by atoms with Crippen LogP contribution in [0.5, 0.6) is 0 Å². The van der Waals surface area contributed by atoms with Gasteiger partial charge in [-0.2, -0.15) is 0 Å². The van der Waals surface area contributed by atoms with Crippen molar-refractivity contribution in [2.75, 3.05) is 26.3 Å². The second kappa shape index (κ2) is 10.2. The molecule has 1 aromatic carbocycles. The van der Waals surface area contributed by atoms with Crippen LogP contribution in [0.2, 0.25) is 0 Å². The van der Waals surface area contributed by atoms with Gasteiger partial charge in [0.2, 0.25) is 0 Å². The molecule has 36 heavy (non-hydrogen) atoms. The van der Waals surface area contributed by atoms with Crippen LogP contribution in [0.3, 0.4) is 0 Å². The zero-order valence-electron chi connectivity index (χ0n) is 20.4. The summed E-state index contributed by atoms with van der Waals surface area (Å²) in [6, 6.07) is 15.9. The van der Waals surface area contributed by atoms with Crippen molar-refractivity contribution in [1.29, 1.82) is 0 Å². The molecule has 5 heterocycles. The molecule has 6 rings (SSSR count). The number of fused-ring (bicyclic) bond motifs is 1. The van der Waals surface area contributed by atoms with E-state index < -0.39 is 0 Å². The van der Waals surface area contributed by atoms with Gasteiger partial charge in [-0.15, -0.1) is 0 Å². The third-order valence-electron chi connectivity index (χ3n) is 7.67. The van der Waals surface area contributed by atoms with Crippen molar-refractivity contribution in [3.63, 3.8) is 0 Å². The van der Waals surface area contributed by atoms with Crippen LogP contribution >= 0.6 is 0 Å². The molecule has 0 saturated carbocycles. The number of aromatic amines is 1. The Balaban J connectivity index is 1.13. The SMILES string of the molecule is O=C(c1cc2cc(Cc3nccc(-c4ccccn4)n3)ccc2[nH]1)N1CCC(C2CCOCC2)CC1. The number of piperidine rings is 1. The molecule has 2 aliphatic heterocycles. The fourth-order valence-corrected chi connectivity index (χ4v) is 5.66. The maximum Gasteiger partial charge on any atom is 0.270 e. The van der Waals surface area contributed by atoms with Crippen molar-refractivity contribution >= 4 is 16.8 Å². The Morgan fingerprint density at radius 3 is 2.56 bits per heavy atom. The van der Waals surface area contributed by atoms with Gasteiger partial charge in [-0.25, -0.2) is 9.97 Å².